The molecule has 0 aromatic heterocycles. The van der Waals surface area contributed by atoms with E-state index in [4.69, 9.17) is 0 Å². The summed E-state index contributed by atoms with van der Waals surface area (Å²) in [5.41, 5.74) is 2.71. The van der Waals surface area contributed by atoms with Crippen LogP contribution in [0.3, 0.4) is 0 Å². The van der Waals surface area contributed by atoms with Crippen LogP contribution in [0.5, 0.6) is 0 Å². The van der Waals surface area contributed by atoms with Crippen LogP contribution in [0.2, 0.25) is 0 Å². The molecule has 0 aliphatic carbocycles. The molecule has 2 atom stereocenters. The zero-order valence-corrected chi connectivity index (χ0v) is 9.85. The Morgan fingerprint density at radius 2 is 2.35 bits per heavy atom. The van der Waals surface area contributed by atoms with Gasteiger partial charge in [0.05, 0.1) is 12.6 Å². The fourth-order valence-electron chi connectivity index (χ4n) is 2.33. The summed E-state index contributed by atoms with van der Waals surface area (Å²) in [4.78, 5) is 24.8. The van der Waals surface area contributed by atoms with Gasteiger partial charge in [0.25, 0.3) is 5.91 Å². The van der Waals surface area contributed by atoms with Crippen molar-refractivity contribution in [1.82, 2.24) is 10.3 Å². The average Bonchev–Trinajstić information content (AvgIpc) is 2.70. The average molecular weight is 239 g/mol. The number of nitrogens with zero attached hydrogens (tertiary/aromatic N) is 2. The lowest BCUT2D eigenvalue weighted by molar-refractivity contribution is -0.126. The van der Waals surface area contributed by atoms with Gasteiger partial charge in [-0.25, -0.2) is 5.43 Å². The van der Waals surface area contributed by atoms with Crippen molar-refractivity contribution in [3.05, 3.63) is 0 Å². The molecule has 2 heterocycles. The Morgan fingerprint density at radius 1 is 1.59 bits per heavy atom. The van der Waals surface area contributed by atoms with Crippen molar-refractivity contribution in [2.75, 3.05) is 13.2 Å². The summed E-state index contributed by atoms with van der Waals surface area (Å²) >= 11 is 0. The Labute approximate surface area is 99.7 Å². The molecule has 1 saturated heterocycles. The zero-order valence-electron chi connectivity index (χ0n) is 9.85. The minimum absolute atomic E-state index is 0.0213. The Bertz CT molecular complexity index is 367. The molecule has 0 saturated carbocycles. The van der Waals surface area contributed by atoms with Crippen molar-refractivity contribution < 1.29 is 14.7 Å². The first-order valence-corrected chi connectivity index (χ1v) is 5.90. The summed E-state index contributed by atoms with van der Waals surface area (Å²) in [6.45, 7) is 2.66. The van der Waals surface area contributed by atoms with Crippen LogP contribution >= 0.6 is 0 Å². The van der Waals surface area contributed by atoms with Gasteiger partial charge < -0.3 is 10.0 Å². The number of carbonyl (C=O) groups excluding carboxylic acids is 2. The summed E-state index contributed by atoms with van der Waals surface area (Å²) in [5.74, 6) is -0.00817. The number of aliphatic hydroxyl groups is 1. The van der Waals surface area contributed by atoms with E-state index in [1.165, 1.54) is 0 Å². The smallest absolute Gasteiger partial charge is 0.270 e. The van der Waals surface area contributed by atoms with Gasteiger partial charge in [-0.1, -0.05) is 6.92 Å². The molecule has 0 aromatic rings. The largest absolute Gasteiger partial charge is 0.394 e. The van der Waals surface area contributed by atoms with Gasteiger partial charge in [0.2, 0.25) is 5.91 Å². The topological polar surface area (TPSA) is 82.0 Å². The minimum Gasteiger partial charge on any atom is -0.394 e. The SMILES string of the molecule is CC1CCN(C(=O)C2=NNC(=O)CC2)C1CO. The molecule has 17 heavy (non-hydrogen) atoms. The van der Waals surface area contributed by atoms with Gasteiger partial charge in [-0.3, -0.25) is 9.59 Å². The molecule has 2 unspecified atom stereocenters. The van der Waals surface area contributed by atoms with E-state index in [2.05, 4.69) is 10.5 Å². The van der Waals surface area contributed by atoms with Gasteiger partial charge in [0, 0.05) is 19.4 Å². The zero-order chi connectivity index (χ0) is 12.4. The number of amides is 2. The van der Waals surface area contributed by atoms with Gasteiger partial charge in [-0.15, -0.1) is 0 Å². The maximum absolute atomic E-state index is 12.2. The summed E-state index contributed by atoms with van der Waals surface area (Å²) < 4.78 is 0. The standard InChI is InChI=1S/C11H17N3O3/c1-7-4-5-14(9(7)6-15)11(17)8-2-3-10(16)13-12-8/h7,9,15H,2-6H2,1H3,(H,13,16). The predicted molar refractivity (Wildman–Crippen MR) is 61.2 cm³/mol. The summed E-state index contributed by atoms with van der Waals surface area (Å²) in [5, 5.41) is 13.1. The van der Waals surface area contributed by atoms with E-state index in [0.29, 0.717) is 31.0 Å². The van der Waals surface area contributed by atoms with E-state index >= 15 is 0 Å². The normalized spacial score (nSPS) is 28.9. The van der Waals surface area contributed by atoms with Crippen LogP contribution in [0, 0.1) is 5.92 Å². The monoisotopic (exact) mass is 239 g/mol. The van der Waals surface area contributed by atoms with E-state index in [1.54, 1.807) is 4.90 Å². The molecule has 6 heteroatoms. The van der Waals surface area contributed by atoms with Crippen LogP contribution < -0.4 is 5.43 Å². The van der Waals surface area contributed by atoms with Crippen LogP contribution in [0.1, 0.15) is 26.2 Å². The number of hydrogen-bond acceptors (Lipinski definition) is 4. The van der Waals surface area contributed by atoms with Gasteiger partial charge >= 0.3 is 0 Å². The highest BCUT2D eigenvalue weighted by Crippen LogP contribution is 2.24. The van der Waals surface area contributed by atoms with E-state index in [-0.39, 0.29) is 24.5 Å². The first-order chi connectivity index (χ1) is 8.13. The fourth-order valence-corrected chi connectivity index (χ4v) is 2.33. The first-order valence-electron chi connectivity index (χ1n) is 5.90. The van der Waals surface area contributed by atoms with Crippen LogP contribution in [-0.2, 0) is 9.59 Å². The van der Waals surface area contributed by atoms with E-state index in [0.717, 1.165) is 6.42 Å². The summed E-state index contributed by atoms with van der Waals surface area (Å²) in [7, 11) is 0. The molecule has 0 spiro atoms. The molecule has 2 rings (SSSR count). The molecule has 0 bridgehead atoms. The minimum atomic E-state index is -0.159. The predicted octanol–water partition coefficient (Wildman–Crippen LogP) is -0.518. The number of rotatable bonds is 2. The van der Waals surface area contributed by atoms with Crippen molar-refractivity contribution in [3.63, 3.8) is 0 Å². The van der Waals surface area contributed by atoms with E-state index in [1.807, 2.05) is 6.92 Å². The van der Waals surface area contributed by atoms with Crippen molar-refractivity contribution in [2.24, 2.45) is 11.0 Å². The van der Waals surface area contributed by atoms with Crippen molar-refractivity contribution in [2.45, 2.75) is 32.2 Å². The maximum Gasteiger partial charge on any atom is 0.270 e. The highest BCUT2D eigenvalue weighted by molar-refractivity contribution is 6.39. The fraction of sp³-hybridized carbons (Fsp3) is 0.727. The molecule has 6 nitrogen and oxygen atoms in total. The first kappa shape index (κ1) is 12.0. The second-order valence-corrected chi connectivity index (χ2v) is 4.61. The van der Waals surface area contributed by atoms with Crippen molar-refractivity contribution in [3.8, 4) is 0 Å². The van der Waals surface area contributed by atoms with Crippen molar-refractivity contribution >= 4 is 17.5 Å². The lowest BCUT2D eigenvalue weighted by Crippen LogP contribution is -2.45. The molecule has 2 aliphatic rings. The Morgan fingerprint density at radius 3 is 2.94 bits per heavy atom. The highest BCUT2D eigenvalue weighted by Gasteiger charge is 2.36. The quantitative estimate of drug-likeness (QED) is 0.680. The molecule has 0 radical (unpaired) electrons. The third-order valence-corrected chi connectivity index (χ3v) is 3.48. The number of carbonyl (C=O) groups is 2. The number of nitrogens with one attached hydrogen (secondary N) is 1. The molecule has 94 valence electrons. The molecule has 2 aliphatic heterocycles. The van der Waals surface area contributed by atoms with Gasteiger partial charge in [-0.2, -0.15) is 5.10 Å². The second-order valence-electron chi connectivity index (χ2n) is 4.61. The lowest BCUT2D eigenvalue weighted by Gasteiger charge is -2.26. The van der Waals surface area contributed by atoms with E-state index < -0.39 is 0 Å². The summed E-state index contributed by atoms with van der Waals surface area (Å²) in [6.07, 6.45) is 1.59. The molecular weight excluding hydrogens is 222 g/mol. The number of likely N-dealkylation sites (tertiary alicyclic amines) is 1. The van der Waals surface area contributed by atoms with Crippen LogP contribution in [0.25, 0.3) is 0 Å². The van der Waals surface area contributed by atoms with E-state index in [9.17, 15) is 14.7 Å². The molecule has 0 aromatic carbocycles. The molecule has 2 N–H and O–H groups in total. The second kappa shape index (κ2) is 4.83. The van der Waals surface area contributed by atoms with Crippen LogP contribution in [-0.4, -0.2) is 46.7 Å². The Balaban J connectivity index is 2.07. The highest BCUT2D eigenvalue weighted by atomic mass is 16.3. The van der Waals surface area contributed by atoms with Crippen molar-refractivity contribution in [1.29, 1.82) is 0 Å². The van der Waals surface area contributed by atoms with Crippen LogP contribution in [0.4, 0.5) is 0 Å². The lowest BCUT2D eigenvalue weighted by atomic mass is 10.0. The molecular formula is C11H17N3O3. The third kappa shape index (κ3) is 2.31. The third-order valence-electron chi connectivity index (χ3n) is 3.48. The maximum atomic E-state index is 12.2. The number of hydrazone groups is 1. The van der Waals surface area contributed by atoms with Gasteiger partial charge in [0.1, 0.15) is 5.71 Å². The molecule has 2 amide bonds. The molecule has 1 fully saturated rings. The summed E-state index contributed by atoms with van der Waals surface area (Å²) in [6, 6.07) is -0.122. The Hall–Kier alpha value is -1.43. The number of aliphatic hydroxyl groups excluding tert-OH is 1. The van der Waals surface area contributed by atoms with Gasteiger partial charge in [0.15, 0.2) is 0 Å². The number of hydrogen-bond donors (Lipinski definition) is 2. The van der Waals surface area contributed by atoms with Crippen LogP contribution in [0.15, 0.2) is 5.10 Å². The van der Waals surface area contributed by atoms with Gasteiger partial charge in [-0.05, 0) is 12.3 Å². The Kier molecular flexibility index (Phi) is 3.42.